The zero-order chi connectivity index (χ0) is 27.7. The van der Waals surface area contributed by atoms with Crippen molar-refractivity contribution in [3.63, 3.8) is 0 Å². The minimum absolute atomic E-state index is 0.164. The van der Waals surface area contributed by atoms with Gasteiger partial charge in [0.25, 0.3) is 0 Å². The lowest BCUT2D eigenvalue weighted by Gasteiger charge is -2.26. The van der Waals surface area contributed by atoms with E-state index in [1.165, 1.54) is 7.11 Å². The summed E-state index contributed by atoms with van der Waals surface area (Å²) in [5, 5.41) is 8.45. The molecule has 200 valence electrons. The van der Waals surface area contributed by atoms with Gasteiger partial charge in [-0.05, 0) is 53.6 Å². The third kappa shape index (κ3) is 7.68. The highest BCUT2D eigenvalue weighted by Gasteiger charge is 2.30. The summed E-state index contributed by atoms with van der Waals surface area (Å²) >= 11 is 0. The molecule has 0 saturated carbocycles. The van der Waals surface area contributed by atoms with Crippen molar-refractivity contribution in [1.82, 2.24) is 10.6 Å². The summed E-state index contributed by atoms with van der Waals surface area (Å²) in [7, 11) is 1.29. The molecule has 7 heteroatoms. The van der Waals surface area contributed by atoms with Crippen LogP contribution in [0.1, 0.15) is 37.0 Å². The third-order valence-corrected chi connectivity index (χ3v) is 6.73. The third-order valence-electron chi connectivity index (χ3n) is 6.73. The SMILES string of the molecule is CCC(C)C(NC(=O)Nc1cc(C)ccc1C)C(=O)N[C@@H](Cc1ccc(-c2ccccc2)cc1)C(=O)OC. The van der Waals surface area contributed by atoms with Gasteiger partial charge in [0.2, 0.25) is 5.91 Å². The van der Waals surface area contributed by atoms with Crippen LogP contribution in [0.3, 0.4) is 0 Å². The van der Waals surface area contributed by atoms with Crippen molar-refractivity contribution in [2.75, 3.05) is 12.4 Å². The second kappa shape index (κ2) is 13.4. The zero-order valence-corrected chi connectivity index (χ0v) is 22.7. The molecule has 0 heterocycles. The van der Waals surface area contributed by atoms with Crippen molar-refractivity contribution in [3.8, 4) is 11.1 Å². The van der Waals surface area contributed by atoms with Gasteiger partial charge in [-0.1, -0.05) is 87.0 Å². The van der Waals surface area contributed by atoms with Crippen LogP contribution in [0, 0.1) is 19.8 Å². The number of ether oxygens (including phenoxy) is 1. The number of anilines is 1. The number of hydrogen-bond acceptors (Lipinski definition) is 4. The molecule has 3 amide bonds. The van der Waals surface area contributed by atoms with Crippen molar-refractivity contribution in [2.24, 2.45) is 5.92 Å². The number of benzene rings is 3. The van der Waals surface area contributed by atoms with Crippen molar-refractivity contribution in [3.05, 3.63) is 89.5 Å². The molecule has 2 unspecified atom stereocenters. The quantitative estimate of drug-likeness (QED) is 0.315. The van der Waals surface area contributed by atoms with Crippen LogP contribution in [-0.2, 0) is 20.7 Å². The van der Waals surface area contributed by atoms with E-state index < -0.39 is 30.0 Å². The van der Waals surface area contributed by atoms with Crippen LogP contribution in [0.5, 0.6) is 0 Å². The Morgan fingerprint density at radius 1 is 0.868 bits per heavy atom. The largest absolute Gasteiger partial charge is 0.467 e. The minimum atomic E-state index is -0.898. The van der Waals surface area contributed by atoms with E-state index >= 15 is 0 Å². The summed E-state index contributed by atoms with van der Waals surface area (Å²) in [6, 6.07) is 21.4. The van der Waals surface area contributed by atoms with Gasteiger partial charge in [0.05, 0.1) is 7.11 Å². The van der Waals surface area contributed by atoms with Crippen LogP contribution in [0.15, 0.2) is 72.8 Å². The zero-order valence-electron chi connectivity index (χ0n) is 22.7. The number of hydrogen-bond donors (Lipinski definition) is 3. The molecule has 3 aromatic rings. The van der Waals surface area contributed by atoms with Crippen molar-refractivity contribution in [2.45, 2.75) is 52.6 Å². The van der Waals surface area contributed by atoms with Crippen molar-refractivity contribution in [1.29, 1.82) is 0 Å². The predicted molar refractivity (Wildman–Crippen MR) is 151 cm³/mol. The van der Waals surface area contributed by atoms with Crippen LogP contribution in [0.4, 0.5) is 10.5 Å². The Bertz CT molecular complexity index is 1240. The summed E-state index contributed by atoms with van der Waals surface area (Å²) in [6.45, 7) is 7.68. The van der Waals surface area contributed by atoms with E-state index in [0.717, 1.165) is 27.8 Å². The molecule has 0 radical (unpaired) electrons. The Balaban J connectivity index is 1.71. The lowest BCUT2D eigenvalue weighted by atomic mass is 9.97. The Hall–Kier alpha value is -4.13. The number of amides is 3. The molecular formula is C31H37N3O4. The summed E-state index contributed by atoms with van der Waals surface area (Å²) in [4.78, 5) is 38.8. The number of esters is 1. The van der Waals surface area contributed by atoms with Gasteiger partial charge in [-0.15, -0.1) is 0 Å². The van der Waals surface area contributed by atoms with Gasteiger partial charge in [0.15, 0.2) is 0 Å². The Morgan fingerprint density at radius 2 is 1.53 bits per heavy atom. The summed E-state index contributed by atoms with van der Waals surface area (Å²) in [6.07, 6.45) is 0.918. The molecule has 0 bridgehead atoms. The number of carbonyl (C=O) groups excluding carboxylic acids is 3. The van der Waals surface area contributed by atoms with Gasteiger partial charge in [-0.3, -0.25) is 4.79 Å². The Kier molecular flexibility index (Phi) is 10.0. The summed E-state index contributed by atoms with van der Waals surface area (Å²) < 4.78 is 4.98. The molecule has 0 aliphatic carbocycles. The topological polar surface area (TPSA) is 96.5 Å². The molecule has 0 saturated heterocycles. The molecular weight excluding hydrogens is 478 g/mol. The normalized spacial score (nSPS) is 13.1. The van der Waals surface area contributed by atoms with Crippen LogP contribution in [0.2, 0.25) is 0 Å². The molecule has 0 aliphatic heterocycles. The minimum Gasteiger partial charge on any atom is -0.467 e. The molecule has 0 aromatic heterocycles. The standard InChI is InChI=1S/C31H37N3O4/c1-6-21(3)28(34-31(37)33-26-18-20(2)12-13-22(26)4)29(35)32-27(30(36)38-5)19-23-14-16-25(17-15-23)24-10-8-7-9-11-24/h7-18,21,27-28H,6,19H2,1-5H3,(H,32,35)(H2,33,34,37)/t21?,27-,28?/m0/s1. The fourth-order valence-electron chi connectivity index (χ4n) is 4.17. The molecule has 3 atom stereocenters. The van der Waals surface area contributed by atoms with E-state index in [1.807, 2.05) is 100 Å². The maximum Gasteiger partial charge on any atom is 0.328 e. The van der Waals surface area contributed by atoms with Crippen molar-refractivity contribution < 1.29 is 19.1 Å². The summed E-state index contributed by atoms with van der Waals surface area (Å²) in [5.41, 5.74) is 5.64. The lowest BCUT2D eigenvalue weighted by Crippen LogP contribution is -2.55. The highest BCUT2D eigenvalue weighted by atomic mass is 16.5. The molecule has 38 heavy (non-hydrogen) atoms. The Labute approximate surface area is 225 Å². The number of rotatable bonds is 10. The van der Waals surface area contributed by atoms with Crippen LogP contribution in [-0.4, -0.2) is 37.1 Å². The van der Waals surface area contributed by atoms with E-state index in [1.54, 1.807) is 0 Å². The van der Waals surface area contributed by atoms with E-state index in [4.69, 9.17) is 4.74 Å². The fraction of sp³-hybridized carbons (Fsp3) is 0.323. The first-order chi connectivity index (χ1) is 18.2. The average molecular weight is 516 g/mol. The van der Waals surface area contributed by atoms with Gasteiger partial charge in [-0.25, -0.2) is 9.59 Å². The van der Waals surface area contributed by atoms with E-state index in [-0.39, 0.29) is 12.3 Å². The molecule has 7 nitrogen and oxygen atoms in total. The molecule has 0 fully saturated rings. The van der Waals surface area contributed by atoms with E-state index in [2.05, 4.69) is 16.0 Å². The second-order valence-corrected chi connectivity index (χ2v) is 9.63. The first kappa shape index (κ1) is 28.4. The Morgan fingerprint density at radius 3 is 2.16 bits per heavy atom. The molecule has 3 aromatic carbocycles. The molecule has 0 spiro atoms. The second-order valence-electron chi connectivity index (χ2n) is 9.63. The highest BCUT2D eigenvalue weighted by Crippen LogP contribution is 2.20. The number of methoxy groups -OCH3 is 1. The van der Waals surface area contributed by atoms with E-state index in [0.29, 0.717) is 12.1 Å². The molecule has 0 aliphatic rings. The van der Waals surface area contributed by atoms with Gasteiger partial charge in [0.1, 0.15) is 12.1 Å². The first-order valence-electron chi connectivity index (χ1n) is 12.9. The predicted octanol–water partition coefficient (Wildman–Crippen LogP) is 5.41. The highest BCUT2D eigenvalue weighted by molar-refractivity contribution is 5.95. The maximum atomic E-state index is 13.4. The van der Waals surface area contributed by atoms with Gasteiger partial charge in [-0.2, -0.15) is 0 Å². The maximum absolute atomic E-state index is 13.4. The average Bonchev–Trinajstić information content (AvgIpc) is 2.93. The van der Waals surface area contributed by atoms with Gasteiger partial charge < -0.3 is 20.7 Å². The molecule has 3 N–H and O–H groups in total. The van der Waals surface area contributed by atoms with Crippen molar-refractivity contribution >= 4 is 23.6 Å². The van der Waals surface area contributed by atoms with Crippen LogP contribution >= 0.6 is 0 Å². The van der Waals surface area contributed by atoms with Crippen LogP contribution < -0.4 is 16.0 Å². The number of urea groups is 1. The smallest absolute Gasteiger partial charge is 0.328 e. The van der Waals surface area contributed by atoms with Gasteiger partial charge in [0, 0.05) is 12.1 Å². The monoisotopic (exact) mass is 515 g/mol. The summed E-state index contributed by atoms with van der Waals surface area (Å²) in [5.74, 6) is -1.15. The fourth-order valence-corrected chi connectivity index (χ4v) is 4.17. The van der Waals surface area contributed by atoms with Crippen LogP contribution in [0.25, 0.3) is 11.1 Å². The first-order valence-corrected chi connectivity index (χ1v) is 12.9. The number of aryl methyl sites for hydroxylation is 2. The number of carbonyl (C=O) groups is 3. The number of nitrogens with one attached hydrogen (secondary N) is 3. The molecule has 3 rings (SSSR count). The van der Waals surface area contributed by atoms with E-state index in [9.17, 15) is 14.4 Å². The lowest BCUT2D eigenvalue weighted by molar-refractivity contribution is -0.145. The van der Waals surface area contributed by atoms with Gasteiger partial charge >= 0.3 is 12.0 Å².